The first-order valence-corrected chi connectivity index (χ1v) is 11.9. The van der Waals surface area contributed by atoms with Crippen molar-refractivity contribution in [3.8, 4) is 11.5 Å². The molecule has 0 unspecified atom stereocenters. The maximum atomic E-state index is 13.0. The van der Waals surface area contributed by atoms with E-state index in [1.807, 2.05) is 48.5 Å². The van der Waals surface area contributed by atoms with E-state index in [1.165, 1.54) is 5.20 Å². The molecular formula is C21H24O3Si. The van der Waals surface area contributed by atoms with Gasteiger partial charge < -0.3 is 9.47 Å². The van der Waals surface area contributed by atoms with E-state index in [0.29, 0.717) is 0 Å². The third-order valence-corrected chi connectivity index (χ3v) is 6.86. The Hall–Kier alpha value is -2.33. The number of methoxy groups -OCH3 is 2. The van der Waals surface area contributed by atoms with Crippen LogP contribution in [0.3, 0.4) is 0 Å². The van der Waals surface area contributed by atoms with Crippen LogP contribution in [0.5, 0.6) is 11.5 Å². The smallest absolute Gasteiger partial charge is 0.174 e. The van der Waals surface area contributed by atoms with Crippen LogP contribution in [0.1, 0.15) is 17.0 Å². The van der Waals surface area contributed by atoms with Crippen LogP contribution in [0.15, 0.2) is 53.7 Å². The molecule has 0 fully saturated rings. The summed E-state index contributed by atoms with van der Waals surface area (Å²) < 4.78 is 10.5. The Balaban J connectivity index is 2.06. The zero-order valence-electron chi connectivity index (χ0n) is 15.4. The highest BCUT2D eigenvalue weighted by molar-refractivity contribution is 6.87. The molecule has 0 aliphatic heterocycles. The normalized spacial score (nSPS) is 17.3. The van der Waals surface area contributed by atoms with Crippen molar-refractivity contribution in [1.82, 2.24) is 0 Å². The molecule has 0 aromatic heterocycles. The summed E-state index contributed by atoms with van der Waals surface area (Å²) in [6.45, 7) is 6.90. The standard InChI is InChI=1S/C21H24O3Si/c1-23-16-10-6-14(7-11-16)18-20(22)19(21(18)25(3,4)5)15-8-12-17(24-2)13-9-15/h6-13,18H,1-5H3/t18-/m1/s1. The van der Waals surface area contributed by atoms with E-state index < -0.39 is 8.07 Å². The summed E-state index contributed by atoms with van der Waals surface area (Å²) >= 11 is 0. The van der Waals surface area contributed by atoms with E-state index in [2.05, 4.69) is 19.6 Å². The number of carbonyl (C=O) groups excluding carboxylic acids is 1. The maximum Gasteiger partial charge on any atom is 0.174 e. The summed E-state index contributed by atoms with van der Waals surface area (Å²) in [5.41, 5.74) is 2.95. The van der Waals surface area contributed by atoms with Crippen LogP contribution >= 0.6 is 0 Å². The Morgan fingerprint density at radius 1 is 0.800 bits per heavy atom. The summed E-state index contributed by atoms with van der Waals surface area (Å²) in [5, 5.41) is 1.33. The Morgan fingerprint density at radius 2 is 1.28 bits per heavy atom. The number of allylic oxidation sites excluding steroid dienone is 2. The third-order valence-electron chi connectivity index (χ3n) is 4.70. The first-order chi connectivity index (χ1) is 11.9. The molecule has 1 atom stereocenters. The van der Waals surface area contributed by atoms with Gasteiger partial charge in [0.05, 0.1) is 28.2 Å². The number of carbonyl (C=O) groups is 1. The fraction of sp³-hybridized carbons (Fsp3) is 0.286. The van der Waals surface area contributed by atoms with Gasteiger partial charge in [-0.1, -0.05) is 49.1 Å². The van der Waals surface area contributed by atoms with Crippen LogP contribution in [-0.4, -0.2) is 28.1 Å². The molecule has 0 amide bonds. The van der Waals surface area contributed by atoms with Gasteiger partial charge in [-0.2, -0.15) is 0 Å². The summed E-state index contributed by atoms with van der Waals surface area (Å²) in [6, 6.07) is 15.7. The van der Waals surface area contributed by atoms with Crippen molar-refractivity contribution in [2.75, 3.05) is 14.2 Å². The molecule has 3 nitrogen and oxygen atoms in total. The Labute approximate surface area is 150 Å². The average molecular weight is 353 g/mol. The van der Waals surface area contributed by atoms with Crippen molar-refractivity contribution in [1.29, 1.82) is 0 Å². The zero-order chi connectivity index (χ0) is 18.2. The molecule has 2 aromatic carbocycles. The van der Waals surface area contributed by atoms with Crippen LogP contribution in [0, 0.1) is 0 Å². The lowest BCUT2D eigenvalue weighted by molar-refractivity contribution is -0.115. The van der Waals surface area contributed by atoms with E-state index in [4.69, 9.17) is 9.47 Å². The fourth-order valence-electron chi connectivity index (χ4n) is 3.45. The monoisotopic (exact) mass is 352 g/mol. The van der Waals surface area contributed by atoms with Crippen molar-refractivity contribution < 1.29 is 14.3 Å². The molecule has 2 aromatic rings. The molecule has 0 radical (unpaired) electrons. The lowest BCUT2D eigenvalue weighted by Gasteiger charge is -2.39. The Morgan fingerprint density at radius 3 is 1.72 bits per heavy atom. The molecule has 1 aliphatic rings. The highest BCUT2D eigenvalue weighted by Crippen LogP contribution is 2.48. The van der Waals surface area contributed by atoms with Crippen LogP contribution in [0.4, 0.5) is 0 Å². The lowest BCUT2D eigenvalue weighted by atomic mass is 9.76. The van der Waals surface area contributed by atoms with Gasteiger partial charge in [0.2, 0.25) is 0 Å². The van der Waals surface area contributed by atoms with E-state index in [0.717, 1.165) is 28.2 Å². The summed E-state index contributed by atoms with van der Waals surface area (Å²) in [4.78, 5) is 13.0. The zero-order valence-corrected chi connectivity index (χ0v) is 16.4. The number of hydrogen-bond acceptors (Lipinski definition) is 3. The molecule has 0 bridgehead atoms. The quantitative estimate of drug-likeness (QED) is 0.732. The summed E-state index contributed by atoms with van der Waals surface area (Å²) in [5.74, 6) is 1.71. The lowest BCUT2D eigenvalue weighted by Crippen LogP contribution is -2.41. The summed E-state index contributed by atoms with van der Waals surface area (Å²) in [7, 11) is 1.65. The van der Waals surface area contributed by atoms with E-state index in [-0.39, 0.29) is 11.7 Å². The molecule has 1 aliphatic carbocycles. The third kappa shape index (κ3) is 3.14. The SMILES string of the molecule is COc1ccc(C2=C([Si](C)(C)C)[C@H](c3ccc(OC)cc3)C2=O)cc1. The first-order valence-electron chi connectivity index (χ1n) is 8.44. The predicted molar refractivity (Wildman–Crippen MR) is 104 cm³/mol. The van der Waals surface area contributed by atoms with Gasteiger partial charge in [0.15, 0.2) is 5.78 Å². The maximum absolute atomic E-state index is 13.0. The van der Waals surface area contributed by atoms with Crippen LogP contribution in [-0.2, 0) is 4.79 Å². The minimum Gasteiger partial charge on any atom is -0.497 e. The van der Waals surface area contributed by atoms with Crippen molar-refractivity contribution >= 4 is 19.4 Å². The molecule has 3 rings (SSSR count). The van der Waals surface area contributed by atoms with E-state index in [1.54, 1.807) is 14.2 Å². The average Bonchev–Trinajstić information content (AvgIpc) is 2.60. The van der Waals surface area contributed by atoms with E-state index in [9.17, 15) is 4.79 Å². The van der Waals surface area contributed by atoms with Crippen molar-refractivity contribution in [2.24, 2.45) is 0 Å². The van der Waals surface area contributed by atoms with E-state index >= 15 is 0 Å². The molecule has 0 saturated heterocycles. The van der Waals surface area contributed by atoms with Crippen LogP contribution in [0.2, 0.25) is 19.6 Å². The topological polar surface area (TPSA) is 35.5 Å². The number of benzene rings is 2. The minimum absolute atomic E-state index is 0.116. The number of rotatable bonds is 5. The Kier molecular flexibility index (Phi) is 4.56. The molecule has 25 heavy (non-hydrogen) atoms. The predicted octanol–water partition coefficient (Wildman–Crippen LogP) is 4.70. The number of ether oxygens (including phenoxy) is 2. The van der Waals surface area contributed by atoms with Gasteiger partial charge in [0, 0.05) is 5.57 Å². The largest absolute Gasteiger partial charge is 0.497 e. The number of ketones is 1. The van der Waals surface area contributed by atoms with Crippen molar-refractivity contribution in [3.05, 3.63) is 64.9 Å². The fourth-order valence-corrected chi connectivity index (χ4v) is 5.63. The molecule has 0 spiro atoms. The van der Waals surface area contributed by atoms with Crippen LogP contribution in [0.25, 0.3) is 5.57 Å². The molecule has 0 saturated carbocycles. The van der Waals surface area contributed by atoms with Gasteiger partial charge in [-0.3, -0.25) is 4.79 Å². The second kappa shape index (κ2) is 6.52. The van der Waals surface area contributed by atoms with Crippen molar-refractivity contribution in [2.45, 2.75) is 25.6 Å². The molecule has 0 heterocycles. The summed E-state index contributed by atoms with van der Waals surface area (Å²) in [6.07, 6.45) is 0. The molecule has 130 valence electrons. The Bertz CT molecular complexity index is 812. The highest BCUT2D eigenvalue weighted by Gasteiger charge is 2.45. The van der Waals surface area contributed by atoms with Gasteiger partial charge in [-0.15, -0.1) is 0 Å². The molecule has 0 N–H and O–H groups in total. The second-order valence-corrected chi connectivity index (χ2v) is 12.4. The van der Waals surface area contributed by atoms with Crippen LogP contribution < -0.4 is 9.47 Å². The minimum atomic E-state index is -1.65. The van der Waals surface area contributed by atoms with Gasteiger partial charge in [-0.05, 0) is 35.4 Å². The van der Waals surface area contributed by atoms with Gasteiger partial charge >= 0.3 is 0 Å². The molecule has 4 heteroatoms. The van der Waals surface area contributed by atoms with Gasteiger partial charge in [0.1, 0.15) is 11.5 Å². The highest BCUT2D eigenvalue weighted by atomic mass is 28.3. The van der Waals surface area contributed by atoms with Gasteiger partial charge in [-0.25, -0.2) is 0 Å². The van der Waals surface area contributed by atoms with Crippen molar-refractivity contribution in [3.63, 3.8) is 0 Å². The van der Waals surface area contributed by atoms with Gasteiger partial charge in [0.25, 0.3) is 0 Å². The second-order valence-electron chi connectivity index (χ2n) is 7.34. The number of Topliss-reactive ketones (excluding diaryl/α,β-unsaturated/α-hetero) is 1. The molecular weight excluding hydrogens is 328 g/mol. The first kappa shape index (κ1) is 17.5. The number of hydrogen-bond donors (Lipinski definition) is 0.